The maximum Gasteiger partial charge on any atom is 0.282 e. The Morgan fingerprint density at radius 1 is 1.22 bits per heavy atom. The topological polar surface area (TPSA) is 45.7 Å². The Labute approximate surface area is 123 Å². The lowest BCUT2D eigenvalue weighted by atomic mass is 10.0. The highest BCUT2D eigenvalue weighted by molar-refractivity contribution is 6.35. The number of benzene rings is 1. The van der Waals surface area contributed by atoms with Crippen molar-refractivity contribution in [3.05, 3.63) is 28.2 Å². The predicted octanol–water partition coefficient (Wildman–Crippen LogP) is -0.948. The molecule has 1 aliphatic heterocycles. The monoisotopic (exact) mass is 308 g/mol. The molecule has 1 aromatic carbocycles. The molecule has 0 spiro atoms. The number of piperidine rings is 1. The molecule has 0 saturated carbocycles. The van der Waals surface area contributed by atoms with Gasteiger partial charge < -0.3 is 23.0 Å². The second kappa shape index (κ2) is 7.19. The van der Waals surface area contributed by atoms with E-state index in [0.29, 0.717) is 15.7 Å². The Kier molecular flexibility index (Phi) is 6.22. The fourth-order valence-electron chi connectivity index (χ4n) is 2.04. The Morgan fingerprint density at radius 2 is 1.89 bits per heavy atom. The molecular weight excluding hydrogens is 295 g/mol. The summed E-state index contributed by atoms with van der Waals surface area (Å²) >= 11 is 11.8. The molecule has 0 radical (unpaired) electrons. The Balaban J connectivity index is 0.00000162. The van der Waals surface area contributed by atoms with Crippen molar-refractivity contribution in [2.75, 3.05) is 11.9 Å². The van der Waals surface area contributed by atoms with Crippen molar-refractivity contribution < 1.29 is 22.5 Å². The van der Waals surface area contributed by atoms with Crippen LogP contribution in [0.5, 0.6) is 0 Å². The van der Waals surface area contributed by atoms with Crippen LogP contribution in [-0.2, 0) is 4.79 Å². The zero-order valence-corrected chi connectivity index (χ0v) is 12.0. The Morgan fingerprint density at radius 3 is 2.44 bits per heavy atom. The highest BCUT2D eigenvalue weighted by atomic mass is 35.5. The van der Waals surface area contributed by atoms with E-state index in [1.807, 2.05) is 0 Å². The first-order valence-corrected chi connectivity index (χ1v) is 6.51. The van der Waals surface area contributed by atoms with Gasteiger partial charge in [-0.1, -0.05) is 23.2 Å². The molecule has 1 saturated heterocycles. The minimum absolute atomic E-state index is 0. The van der Waals surface area contributed by atoms with Gasteiger partial charge in [0.15, 0.2) is 6.04 Å². The van der Waals surface area contributed by atoms with E-state index in [1.165, 1.54) is 6.42 Å². The van der Waals surface area contributed by atoms with Crippen LogP contribution in [0.15, 0.2) is 18.2 Å². The average Bonchev–Trinajstić information content (AvgIpc) is 2.28. The Hall–Kier alpha value is -0.480. The number of halogens is 3. The number of quaternary nitrogens is 1. The van der Waals surface area contributed by atoms with Gasteiger partial charge in [0.2, 0.25) is 0 Å². The fourth-order valence-corrected chi connectivity index (χ4v) is 2.57. The van der Waals surface area contributed by atoms with Crippen LogP contribution in [0, 0.1) is 0 Å². The van der Waals surface area contributed by atoms with Crippen LogP contribution in [0.1, 0.15) is 19.3 Å². The van der Waals surface area contributed by atoms with Gasteiger partial charge in [0.25, 0.3) is 5.91 Å². The largest absolute Gasteiger partial charge is 1.00 e. The molecule has 1 aromatic rings. The number of nitrogens with one attached hydrogen (secondary N) is 1. The van der Waals surface area contributed by atoms with Gasteiger partial charge in [-0.3, -0.25) is 4.79 Å². The van der Waals surface area contributed by atoms with Crippen molar-refractivity contribution in [1.82, 2.24) is 0 Å². The maximum atomic E-state index is 12.0. The molecule has 100 valence electrons. The molecule has 3 nitrogen and oxygen atoms in total. The highest BCUT2D eigenvalue weighted by Crippen LogP contribution is 2.22. The molecule has 1 fully saturated rings. The van der Waals surface area contributed by atoms with Gasteiger partial charge in [0.05, 0.1) is 6.54 Å². The summed E-state index contributed by atoms with van der Waals surface area (Å²) in [5, 5.41) is 6.00. The van der Waals surface area contributed by atoms with E-state index in [0.717, 1.165) is 19.4 Å². The van der Waals surface area contributed by atoms with Crippen molar-refractivity contribution in [1.29, 1.82) is 0 Å². The fraction of sp³-hybridized carbons (Fsp3) is 0.417. The molecule has 1 aliphatic rings. The van der Waals surface area contributed by atoms with Crippen molar-refractivity contribution >= 4 is 34.8 Å². The number of hydrogen-bond acceptors (Lipinski definition) is 1. The van der Waals surface area contributed by atoms with Crippen molar-refractivity contribution in [3.63, 3.8) is 0 Å². The normalized spacial score (nSPS) is 18.9. The summed E-state index contributed by atoms with van der Waals surface area (Å²) in [6, 6.07) is 5.06. The predicted molar refractivity (Wildman–Crippen MR) is 69.5 cm³/mol. The van der Waals surface area contributed by atoms with Gasteiger partial charge in [0, 0.05) is 22.2 Å². The molecule has 2 rings (SSSR count). The smallest absolute Gasteiger partial charge is 0.282 e. The van der Waals surface area contributed by atoms with Crippen LogP contribution in [0.3, 0.4) is 0 Å². The van der Waals surface area contributed by atoms with Crippen molar-refractivity contribution in [2.24, 2.45) is 0 Å². The van der Waals surface area contributed by atoms with Gasteiger partial charge >= 0.3 is 0 Å². The molecule has 0 aliphatic carbocycles. The molecular formula is C12H15Cl3N2O. The molecule has 0 aromatic heterocycles. The summed E-state index contributed by atoms with van der Waals surface area (Å²) < 4.78 is 0. The third kappa shape index (κ3) is 4.32. The Bertz CT molecular complexity index is 400. The molecule has 1 amide bonds. The second-order valence-corrected chi connectivity index (χ2v) is 5.15. The van der Waals surface area contributed by atoms with E-state index in [2.05, 4.69) is 10.6 Å². The summed E-state index contributed by atoms with van der Waals surface area (Å²) in [4.78, 5) is 12.0. The maximum absolute atomic E-state index is 12.0. The van der Waals surface area contributed by atoms with Crippen LogP contribution < -0.4 is 23.0 Å². The van der Waals surface area contributed by atoms with Gasteiger partial charge in [-0.25, -0.2) is 0 Å². The van der Waals surface area contributed by atoms with Gasteiger partial charge in [-0.2, -0.15) is 0 Å². The lowest BCUT2D eigenvalue weighted by molar-refractivity contribution is -0.684. The number of amides is 1. The van der Waals surface area contributed by atoms with Crippen LogP contribution in [0.2, 0.25) is 10.0 Å². The van der Waals surface area contributed by atoms with Crippen molar-refractivity contribution in [2.45, 2.75) is 25.3 Å². The average molecular weight is 310 g/mol. The summed E-state index contributed by atoms with van der Waals surface area (Å²) in [5.74, 6) is 0.0306. The minimum atomic E-state index is 0. The second-order valence-electron chi connectivity index (χ2n) is 4.27. The number of anilines is 1. The van der Waals surface area contributed by atoms with E-state index >= 15 is 0 Å². The highest BCUT2D eigenvalue weighted by Gasteiger charge is 2.24. The van der Waals surface area contributed by atoms with E-state index in [1.54, 1.807) is 18.2 Å². The number of rotatable bonds is 2. The standard InChI is InChI=1S/C12H14Cl2N2O.ClH/c13-8-5-9(14)7-10(6-8)16-12(17)11-3-1-2-4-15-11;/h5-7,11,15H,1-4H2,(H,16,17);1H. The lowest BCUT2D eigenvalue weighted by Gasteiger charge is -2.19. The summed E-state index contributed by atoms with van der Waals surface area (Å²) in [6.07, 6.45) is 3.23. The number of hydrogen-bond donors (Lipinski definition) is 2. The van der Waals surface area contributed by atoms with E-state index in [-0.39, 0.29) is 24.4 Å². The molecule has 6 heteroatoms. The van der Waals surface area contributed by atoms with E-state index in [9.17, 15) is 4.79 Å². The van der Waals surface area contributed by atoms with E-state index in [4.69, 9.17) is 23.2 Å². The van der Waals surface area contributed by atoms with Crippen molar-refractivity contribution in [3.8, 4) is 0 Å². The number of carbonyl (C=O) groups is 1. The number of nitrogens with two attached hydrogens (primary N) is 1. The first kappa shape index (κ1) is 15.6. The molecule has 1 heterocycles. The molecule has 18 heavy (non-hydrogen) atoms. The van der Waals surface area contributed by atoms with Crippen LogP contribution in [0.4, 0.5) is 5.69 Å². The van der Waals surface area contributed by atoms with E-state index < -0.39 is 0 Å². The van der Waals surface area contributed by atoms with Crippen LogP contribution >= 0.6 is 23.2 Å². The summed E-state index contributed by atoms with van der Waals surface area (Å²) in [7, 11) is 0. The summed E-state index contributed by atoms with van der Waals surface area (Å²) in [5.41, 5.74) is 0.659. The quantitative estimate of drug-likeness (QED) is 0.727. The van der Waals surface area contributed by atoms with Gasteiger partial charge in [0.1, 0.15) is 0 Å². The van der Waals surface area contributed by atoms with Gasteiger partial charge in [-0.15, -0.1) is 0 Å². The van der Waals surface area contributed by atoms with Gasteiger partial charge in [-0.05, 0) is 31.0 Å². The number of carbonyl (C=O) groups excluding carboxylic acids is 1. The van der Waals surface area contributed by atoms with Crippen LogP contribution in [-0.4, -0.2) is 18.5 Å². The zero-order chi connectivity index (χ0) is 12.3. The molecule has 1 unspecified atom stereocenters. The third-order valence-electron chi connectivity index (χ3n) is 2.89. The minimum Gasteiger partial charge on any atom is -1.00 e. The molecule has 0 bridgehead atoms. The third-order valence-corrected chi connectivity index (χ3v) is 3.32. The first-order chi connectivity index (χ1) is 8.15. The zero-order valence-electron chi connectivity index (χ0n) is 9.76. The molecule has 1 atom stereocenters. The van der Waals surface area contributed by atoms with Crippen LogP contribution in [0.25, 0.3) is 0 Å². The summed E-state index contributed by atoms with van der Waals surface area (Å²) in [6.45, 7) is 1.02. The SMILES string of the molecule is O=C(Nc1cc(Cl)cc(Cl)c1)C1CCCC[NH2+]1.[Cl-]. The lowest BCUT2D eigenvalue weighted by Crippen LogP contribution is -3.00. The first-order valence-electron chi connectivity index (χ1n) is 5.75. The molecule has 3 N–H and O–H groups in total.